The largest absolute Gasteiger partial charge is 0.376 e. The summed E-state index contributed by atoms with van der Waals surface area (Å²) in [6.45, 7) is 2.10. The minimum atomic E-state index is -0.205. The fourth-order valence-electron chi connectivity index (χ4n) is 2.76. The molecule has 1 atom stereocenters. The third-order valence-corrected chi connectivity index (χ3v) is 4.22. The summed E-state index contributed by atoms with van der Waals surface area (Å²) in [5.74, 6) is 0.225. The van der Waals surface area contributed by atoms with Gasteiger partial charge in [-0.1, -0.05) is 0 Å². The zero-order valence-corrected chi connectivity index (χ0v) is 12.6. The average Bonchev–Trinajstić information content (AvgIpc) is 3.31. The molecule has 0 amide bonds. The van der Waals surface area contributed by atoms with Gasteiger partial charge in [-0.3, -0.25) is 0 Å². The van der Waals surface area contributed by atoms with Crippen LogP contribution >= 0.6 is 0 Å². The molecule has 1 aromatic rings. The van der Waals surface area contributed by atoms with Crippen molar-refractivity contribution in [2.24, 2.45) is 0 Å². The number of halogens is 1. The zero-order chi connectivity index (χ0) is 14.7. The van der Waals surface area contributed by atoms with Gasteiger partial charge >= 0.3 is 0 Å². The lowest BCUT2D eigenvalue weighted by molar-refractivity contribution is 0.0214. The minimum absolute atomic E-state index is 0.193. The molecule has 1 aliphatic heterocycles. The number of hydrogen-bond acceptors (Lipinski definition) is 4. The van der Waals surface area contributed by atoms with Crippen molar-refractivity contribution in [3.05, 3.63) is 23.6 Å². The molecular weight excluding hydrogens is 269 g/mol. The van der Waals surface area contributed by atoms with E-state index < -0.39 is 0 Å². The van der Waals surface area contributed by atoms with E-state index in [1.165, 1.54) is 19.3 Å². The standard InChI is InChI=1S/C16H24FN3O/c1-20(11-14-4-2-3-9-21-14)16-15(17)12(7-8-18-16)10-19-13-5-6-13/h7-8,13-14,19H,2-6,9-11H2,1H3. The molecule has 1 aliphatic carbocycles. The maximum Gasteiger partial charge on any atom is 0.170 e. The quantitative estimate of drug-likeness (QED) is 0.874. The summed E-state index contributed by atoms with van der Waals surface area (Å²) in [7, 11) is 1.89. The van der Waals surface area contributed by atoms with Crippen molar-refractivity contribution >= 4 is 5.82 Å². The first kappa shape index (κ1) is 14.7. The molecule has 1 unspecified atom stereocenters. The van der Waals surface area contributed by atoms with Gasteiger partial charge in [0.1, 0.15) is 0 Å². The van der Waals surface area contributed by atoms with Crippen LogP contribution in [0.15, 0.2) is 12.3 Å². The van der Waals surface area contributed by atoms with Crippen molar-refractivity contribution in [3.63, 3.8) is 0 Å². The van der Waals surface area contributed by atoms with Gasteiger partial charge in [0.15, 0.2) is 11.6 Å². The van der Waals surface area contributed by atoms with E-state index in [0.717, 1.165) is 19.4 Å². The average molecular weight is 293 g/mol. The van der Waals surface area contributed by atoms with E-state index >= 15 is 0 Å². The van der Waals surface area contributed by atoms with E-state index in [-0.39, 0.29) is 11.9 Å². The number of nitrogens with one attached hydrogen (secondary N) is 1. The lowest BCUT2D eigenvalue weighted by Crippen LogP contribution is -2.34. The van der Waals surface area contributed by atoms with Gasteiger partial charge in [-0.05, 0) is 38.2 Å². The summed E-state index contributed by atoms with van der Waals surface area (Å²) in [5, 5.41) is 3.35. The van der Waals surface area contributed by atoms with Crippen molar-refractivity contribution in [2.45, 2.75) is 50.8 Å². The van der Waals surface area contributed by atoms with E-state index in [4.69, 9.17) is 4.74 Å². The molecule has 0 spiro atoms. The number of pyridine rings is 1. The number of nitrogens with zero attached hydrogens (tertiary/aromatic N) is 2. The number of hydrogen-bond donors (Lipinski definition) is 1. The van der Waals surface area contributed by atoms with Crippen LogP contribution in [0, 0.1) is 5.82 Å². The molecule has 0 aromatic carbocycles. The summed E-state index contributed by atoms with van der Waals surface area (Å²) < 4.78 is 20.3. The topological polar surface area (TPSA) is 37.4 Å². The molecule has 1 saturated heterocycles. The third kappa shape index (κ3) is 3.92. The van der Waals surface area contributed by atoms with E-state index in [1.807, 2.05) is 11.9 Å². The van der Waals surface area contributed by atoms with Gasteiger partial charge in [0.05, 0.1) is 6.10 Å². The number of aromatic nitrogens is 1. The highest BCUT2D eigenvalue weighted by Gasteiger charge is 2.22. The van der Waals surface area contributed by atoms with Crippen molar-refractivity contribution in [2.75, 3.05) is 25.1 Å². The van der Waals surface area contributed by atoms with E-state index in [1.54, 1.807) is 12.3 Å². The molecule has 1 saturated carbocycles. The molecule has 21 heavy (non-hydrogen) atoms. The van der Waals surface area contributed by atoms with Crippen LogP contribution in [-0.4, -0.2) is 37.3 Å². The van der Waals surface area contributed by atoms with Crippen LogP contribution in [0.4, 0.5) is 10.2 Å². The van der Waals surface area contributed by atoms with Crippen molar-refractivity contribution in [3.8, 4) is 0 Å². The smallest absolute Gasteiger partial charge is 0.170 e. The van der Waals surface area contributed by atoms with Crippen molar-refractivity contribution < 1.29 is 9.13 Å². The molecular formula is C16H24FN3O. The summed E-state index contributed by atoms with van der Waals surface area (Å²) in [5.41, 5.74) is 0.698. The molecule has 2 fully saturated rings. The van der Waals surface area contributed by atoms with Gasteiger partial charge in [-0.15, -0.1) is 0 Å². The van der Waals surface area contributed by atoms with Crippen LogP contribution in [0.5, 0.6) is 0 Å². The van der Waals surface area contributed by atoms with E-state index in [2.05, 4.69) is 10.3 Å². The molecule has 2 aliphatic rings. The van der Waals surface area contributed by atoms with Gasteiger partial charge in [-0.25, -0.2) is 9.37 Å². The first-order valence-electron chi connectivity index (χ1n) is 7.93. The zero-order valence-electron chi connectivity index (χ0n) is 12.6. The van der Waals surface area contributed by atoms with Crippen LogP contribution in [0.1, 0.15) is 37.7 Å². The Bertz CT molecular complexity index is 473. The van der Waals surface area contributed by atoms with E-state index in [0.29, 0.717) is 30.5 Å². The van der Waals surface area contributed by atoms with Gasteiger partial charge in [-0.2, -0.15) is 0 Å². The van der Waals surface area contributed by atoms with Crippen LogP contribution in [0.2, 0.25) is 0 Å². The monoisotopic (exact) mass is 293 g/mol. The maximum atomic E-state index is 14.6. The lowest BCUT2D eigenvalue weighted by atomic mass is 10.1. The molecule has 2 heterocycles. The van der Waals surface area contributed by atoms with Gasteiger partial charge < -0.3 is 15.0 Å². The molecule has 0 radical (unpaired) electrons. The molecule has 5 heteroatoms. The molecule has 1 N–H and O–H groups in total. The second-order valence-electron chi connectivity index (χ2n) is 6.13. The highest BCUT2D eigenvalue weighted by atomic mass is 19.1. The maximum absolute atomic E-state index is 14.6. The van der Waals surface area contributed by atoms with Gasteiger partial charge in [0.25, 0.3) is 0 Å². The Kier molecular flexibility index (Phi) is 4.70. The Morgan fingerprint density at radius 2 is 2.24 bits per heavy atom. The van der Waals surface area contributed by atoms with Crippen LogP contribution < -0.4 is 10.2 Å². The number of likely N-dealkylation sites (N-methyl/N-ethyl adjacent to an activating group) is 1. The summed E-state index contributed by atoms with van der Waals surface area (Å²) in [6, 6.07) is 2.34. The SMILES string of the molecule is CN(CC1CCCCO1)c1nccc(CNC2CC2)c1F. The summed E-state index contributed by atoms with van der Waals surface area (Å²) >= 11 is 0. The molecule has 1 aromatic heterocycles. The highest BCUT2D eigenvalue weighted by Crippen LogP contribution is 2.23. The van der Waals surface area contributed by atoms with Crippen LogP contribution in [0.3, 0.4) is 0 Å². The van der Waals surface area contributed by atoms with Crippen LogP contribution in [-0.2, 0) is 11.3 Å². The summed E-state index contributed by atoms with van der Waals surface area (Å²) in [6.07, 6.45) is 7.68. The van der Waals surface area contributed by atoms with E-state index in [9.17, 15) is 4.39 Å². The lowest BCUT2D eigenvalue weighted by Gasteiger charge is -2.28. The van der Waals surface area contributed by atoms with Gasteiger partial charge in [0, 0.05) is 44.5 Å². The highest BCUT2D eigenvalue weighted by molar-refractivity contribution is 5.42. The third-order valence-electron chi connectivity index (χ3n) is 4.22. The fourth-order valence-corrected chi connectivity index (χ4v) is 2.76. The van der Waals surface area contributed by atoms with Gasteiger partial charge in [0.2, 0.25) is 0 Å². The molecule has 4 nitrogen and oxygen atoms in total. The molecule has 116 valence electrons. The number of ether oxygens (including phenoxy) is 1. The fraction of sp³-hybridized carbons (Fsp3) is 0.688. The van der Waals surface area contributed by atoms with Crippen LogP contribution in [0.25, 0.3) is 0 Å². The first-order chi connectivity index (χ1) is 10.2. The normalized spacial score (nSPS) is 22.3. The predicted molar refractivity (Wildman–Crippen MR) is 80.9 cm³/mol. The second kappa shape index (κ2) is 6.71. The summed E-state index contributed by atoms with van der Waals surface area (Å²) in [4.78, 5) is 6.10. The Hall–Kier alpha value is -1.20. The molecule has 3 rings (SSSR count). The minimum Gasteiger partial charge on any atom is -0.376 e. The Morgan fingerprint density at radius 3 is 2.95 bits per heavy atom. The second-order valence-corrected chi connectivity index (χ2v) is 6.13. The Morgan fingerprint density at radius 1 is 1.38 bits per heavy atom. The number of anilines is 1. The Balaban J connectivity index is 1.63. The number of rotatable bonds is 6. The van der Waals surface area contributed by atoms with Crippen molar-refractivity contribution in [1.82, 2.24) is 10.3 Å². The Labute approximate surface area is 125 Å². The van der Waals surface area contributed by atoms with Crippen molar-refractivity contribution in [1.29, 1.82) is 0 Å². The molecule has 0 bridgehead atoms. The predicted octanol–water partition coefficient (Wildman–Crippen LogP) is 2.48. The first-order valence-corrected chi connectivity index (χ1v) is 7.93.